The molecular formula is C18H18N4O3S. The summed E-state index contributed by atoms with van der Waals surface area (Å²) < 4.78 is 2.32. The summed E-state index contributed by atoms with van der Waals surface area (Å²) in [6.07, 6.45) is 1.44. The molecular weight excluding hydrogens is 352 g/mol. The Morgan fingerprint density at radius 2 is 1.92 bits per heavy atom. The number of nitrogens with zero attached hydrogens (tertiary/aromatic N) is 3. The Balaban J connectivity index is 1.81. The van der Waals surface area contributed by atoms with Gasteiger partial charge in [-0.25, -0.2) is 9.78 Å². The largest absolute Gasteiger partial charge is 0.332 e. The van der Waals surface area contributed by atoms with Crippen molar-refractivity contribution in [1.29, 1.82) is 0 Å². The minimum atomic E-state index is -0.444. The second-order valence-corrected chi connectivity index (χ2v) is 6.92. The Morgan fingerprint density at radius 1 is 1.19 bits per heavy atom. The number of hydrogen-bond donors (Lipinski definition) is 1. The van der Waals surface area contributed by atoms with Crippen molar-refractivity contribution in [3.63, 3.8) is 0 Å². The highest BCUT2D eigenvalue weighted by Crippen LogP contribution is 2.22. The predicted octanol–water partition coefficient (Wildman–Crippen LogP) is 1.67. The van der Waals surface area contributed by atoms with E-state index in [1.54, 1.807) is 13.1 Å². The molecule has 0 bridgehead atoms. The van der Waals surface area contributed by atoms with E-state index in [2.05, 4.69) is 10.3 Å². The summed E-state index contributed by atoms with van der Waals surface area (Å²) in [4.78, 5) is 41.6. The van der Waals surface area contributed by atoms with Crippen molar-refractivity contribution in [2.75, 3.05) is 11.1 Å². The van der Waals surface area contributed by atoms with Crippen LogP contribution in [0, 0.1) is 6.92 Å². The summed E-state index contributed by atoms with van der Waals surface area (Å²) in [6.45, 7) is 1.99. The topological polar surface area (TPSA) is 86.0 Å². The average Bonchev–Trinajstić information content (AvgIpc) is 2.64. The zero-order valence-electron chi connectivity index (χ0n) is 14.6. The van der Waals surface area contributed by atoms with Gasteiger partial charge in [-0.3, -0.25) is 18.7 Å². The van der Waals surface area contributed by atoms with Crippen molar-refractivity contribution in [3.05, 3.63) is 62.9 Å². The number of aryl methyl sites for hydroxylation is 2. The van der Waals surface area contributed by atoms with Gasteiger partial charge in [0.25, 0.3) is 5.56 Å². The van der Waals surface area contributed by atoms with Crippen LogP contribution in [0.4, 0.5) is 5.69 Å². The van der Waals surface area contributed by atoms with Gasteiger partial charge in [0.05, 0.1) is 23.0 Å². The highest BCUT2D eigenvalue weighted by molar-refractivity contribution is 8.00. The number of benzene rings is 1. The fraction of sp³-hybridized carbons (Fsp3) is 0.222. The summed E-state index contributed by atoms with van der Waals surface area (Å²) in [5.74, 6) is 0.0507. The monoisotopic (exact) mass is 370 g/mol. The quantitative estimate of drug-likeness (QED) is 0.706. The molecule has 0 unspecified atom stereocenters. The summed E-state index contributed by atoms with van der Waals surface area (Å²) in [5, 5.41) is 3.02. The Hall–Kier alpha value is -2.87. The number of pyridine rings is 1. The van der Waals surface area contributed by atoms with E-state index in [0.29, 0.717) is 5.69 Å². The van der Waals surface area contributed by atoms with Gasteiger partial charge < -0.3 is 5.32 Å². The molecule has 1 aromatic carbocycles. The number of amides is 1. The zero-order valence-corrected chi connectivity index (χ0v) is 15.5. The molecule has 134 valence electrons. The van der Waals surface area contributed by atoms with Crippen LogP contribution in [0.25, 0.3) is 11.0 Å². The van der Waals surface area contributed by atoms with Crippen LogP contribution in [0.3, 0.4) is 0 Å². The molecule has 0 saturated heterocycles. The Bertz CT molecular complexity index is 1120. The standard InChI is InChI=1S/C18H18N4O3S/c1-11-6-4-5-7-14(11)26-10-15(23)20-12-8-13-16(19-9-12)21(2)18(25)22(3)17(13)24/h4-9H,10H2,1-3H3,(H,20,23). The molecule has 0 atom stereocenters. The van der Waals surface area contributed by atoms with Gasteiger partial charge in [-0.05, 0) is 24.6 Å². The number of thioether (sulfide) groups is 1. The van der Waals surface area contributed by atoms with Crippen molar-refractivity contribution in [2.45, 2.75) is 11.8 Å². The number of fused-ring (bicyclic) bond motifs is 1. The number of rotatable bonds is 4. The lowest BCUT2D eigenvalue weighted by Crippen LogP contribution is -2.37. The molecule has 0 radical (unpaired) electrons. The van der Waals surface area contributed by atoms with Gasteiger partial charge in [0, 0.05) is 19.0 Å². The molecule has 26 heavy (non-hydrogen) atoms. The predicted molar refractivity (Wildman–Crippen MR) is 103 cm³/mol. The Kier molecular flexibility index (Phi) is 4.94. The minimum Gasteiger partial charge on any atom is -0.324 e. The lowest BCUT2D eigenvalue weighted by molar-refractivity contribution is -0.113. The summed E-state index contributed by atoms with van der Waals surface area (Å²) in [7, 11) is 2.96. The van der Waals surface area contributed by atoms with E-state index >= 15 is 0 Å². The molecule has 0 aliphatic carbocycles. The SMILES string of the molecule is Cc1ccccc1SCC(=O)Nc1cnc2c(c1)c(=O)n(C)c(=O)n2C. The minimum absolute atomic E-state index is 0.193. The molecule has 7 nitrogen and oxygen atoms in total. The first-order valence-electron chi connectivity index (χ1n) is 7.92. The molecule has 0 saturated carbocycles. The molecule has 0 aliphatic heterocycles. The van der Waals surface area contributed by atoms with Crippen LogP contribution < -0.4 is 16.6 Å². The number of carbonyl (C=O) groups is 1. The van der Waals surface area contributed by atoms with E-state index in [9.17, 15) is 14.4 Å². The third-order valence-corrected chi connectivity index (χ3v) is 5.20. The molecule has 0 fully saturated rings. The molecule has 2 aromatic heterocycles. The van der Waals surface area contributed by atoms with Gasteiger partial charge in [0.2, 0.25) is 5.91 Å². The van der Waals surface area contributed by atoms with Gasteiger partial charge in [0.15, 0.2) is 0 Å². The lowest BCUT2D eigenvalue weighted by Gasteiger charge is -2.09. The van der Waals surface area contributed by atoms with E-state index in [4.69, 9.17) is 0 Å². The van der Waals surface area contributed by atoms with Crippen LogP contribution >= 0.6 is 11.8 Å². The van der Waals surface area contributed by atoms with Gasteiger partial charge in [-0.2, -0.15) is 0 Å². The zero-order chi connectivity index (χ0) is 18.8. The number of anilines is 1. The van der Waals surface area contributed by atoms with Crippen LogP contribution in [-0.2, 0) is 18.9 Å². The van der Waals surface area contributed by atoms with Crippen molar-refractivity contribution >= 4 is 34.4 Å². The maximum Gasteiger partial charge on any atom is 0.332 e. The molecule has 2 heterocycles. The van der Waals surface area contributed by atoms with E-state index in [1.165, 1.54) is 29.6 Å². The second kappa shape index (κ2) is 7.17. The maximum atomic E-state index is 12.3. The number of carbonyl (C=O) groups excluding carboxylic acids is 1. The Labute approximate surface area is 153 Å². The summed E-state index contributed by atoms with van der Waals surface area (Å²) in [6, 6.07) is 9.39. The smallest absolute Gasteiger partial charge is 0.324 e. The summed E-state index contributed by atoms with van der Waals surface area (Å²) in [5.41, 5.74) is 0.929. The number of aromatic nitrogens is 3. The van der Waals surface area contributed by atoms with Crippen LogP contribution in [-0.4, -0.2) is 25.8 Å². The first-order valence-corrected chi connectivity index (χ1v) is 8.91. The highest BCUT2D eigenvalue weighted by atomic mass is 32.2. The van der Waals surface area contributed by atoms with Gasteiger partial charge in [-0.15, -0.1) is 11.8 Å². The van der Waals surface area contributed by atoms with Crippen LogP contribution in [0.1, 0.15) is 5.56 Å². The molecule has 0 aliphatic rings. The van der Waals surface area contributed by atoms with Crippen LogP contribution in [0.2, 0.25) is 0 Å². The molecule has 1 amide bonds. The Morgan fingerprint density at radius 3 is 2.65 bits per heavy atom. The van der Waals surface area contributed by atoms with Crippen molar-refractivity contribution < 1.29 is 4.79 Å². The fourth-order valence-corrected chi connectivity index (χ4v) is 3.42. The van der Waals surface area contributed by atoms with Crippen molar-refractivity contribution in [1.82, 2.24) is 14.1 Å². The highest BCUT2D eigenvalue weighted by Gasteiger charge is 2.12. The lowest BCUT2D eigenvalue weighted by atomic mass is 10.2. The van der Waals surface area contributed by atoms with E-state index < -0.39 is 11.2 Å². The van der Waals surface area contributed by atoms with Crippen molar-refractivity contribution in [2.24, 2.45) is 14.1 Å². The molecule has 3 aromatic rings. The van der Waals surface area contributed by atoms with Gasteiger partial charge in [-0.1, -0.05) is 18.2 Å². The number of nitrogens with one attached hydrogen (secondary N) is 1. The van der Waals surface area contributed by atoms with Gasteiger partial charge in [0.1, 0.15) is 5.65 Å². The maximum absolute atomic E-state index is 12.3. The van der Waals surface area contributed by atoms with Crippen LogP contribution in [0.5, 0.6) is 0 Å². The molecule has 8 heteroatoms. The third-order valence-electron chi connectivity index (χ3n) is 4.03. The van der Waals surface area contributed by atoms with E-state index in [1.807, 2.05) is 31.2 Å². The summed E-state index contributed by atoms with van der Waals surface area (Å²) >= 11 is 1.44. The van der Waals surface area contributed by atoms with E-state index in [0.717, 1.165) is 15.0 Å². The molecule has 0 spiro atoms. The molecule has 1 N–H and O–H groups in total. The normalized spacial score (nSPS) is 10.9. The fourth-order valence-electron chi connectivity index (χ4n) is 2.59. The van der Waals surface area contributed by atoms with Gasteiger partial charge >= 0.3 is 5.69 Å². The number of hydrogen-bond acceptors (Lipinski definition) is 5. The molecule has 3 rings (SSSR count). The average molecular weight is 370 g/mol. The third kappa shape index (κ3) is 3.41. The first kappa shape index (κ1) is 17.9. The second-order valence-electron chi connectivity index (χ2n) is 5.90. The van der Waals surface area contributed by atoms with E-state index in [-0.39, 0.29) is 22.7 Å². The first-order chi connectivity index (χ1) is 12.4. The van der Waals surface area contributed by atoms with Crippen molar-refractivity contribution in [3.8, 4) is 0 Å². The van der Waals surface area contributed by atoms with Crippen LogP contribution in [0.15, 0.2) is 51.0 Å².